The highest BCUT2D eigenvalue weighted by atomic mass is 19.1. The highest BCUT2D eigenvalue weighted by Crippen LogP contribution is 2.30. The lowest BCUT2D eigenvalue weighted by atomic mass is 9.96. The number of nitrogens with zero attached hydrogens (tertiary/aromatic N) is 4. The summed E-state index contributed by atoms with van der Waals surface area (Å²) >= 11 is 0. The smallest absolute Gasteiger partial charge is 0.335 e. The van der Waals surface area contributed by atoms with Crippen LogP contribution in [-0.4, -0.2) is 51.8 Å². The number of benzene rings is 3. The molecule has 0 bridgehead atoms. The first-order chi connectivity index (χ1) is 19.8. The molecule has 0 saturated carbocycles. The van der Waals surface area contributed by atoms with Gasteiger partial charge in [-0.3, -0.25) is 4.90 Å². The fourth-order valence-electron chi connectivity index (χ4n) is 4.91. The first kappa shape index (κ1) is 28.2. The number of aromatic nitrogens is 2. The number of carboxylic acid groups (broad SMARTS) is 1. The molecule has 0 spiro atoms. The summed E-state index contributed by atoms with van der Waals surface area (Å²) in [7, 11) is 1.88. The summed E-state index contributed by atoms with van der Waals surface area (Å²) in [6.45, 7) is 4.09. The molecule has 2 aliphatic rings. The quantitative estimate of drug-likeness (QED) is 0.323. The molecule has 10 heteroatoms. The Morgan fingerprint density at radius 3 is 2.61 bits per heavy atom. The van der Waals surface area contributed by atoms with Gasteiger partial charge in [0.1, 0.15) is 18.2 Å². The van der Waals surface area contributed by atoms with E-state index in [0.29, 0.717) is 12.1 Å². The molecule has 1 atom stereocenters. The van der Waals surface area contributed by atoms with Crippen LogP contribution in [0.5, 0.6) is 5.75 Å². The maximum Gasteiger partial charge on any atom is 0.335 e. The zero-order valence-corrected chi connectivity index (χ0v) is 22.6. The number of carboxylic acids is 1. The number of carbonyl (C=O) groups is 1. The monoisotopic (exact) mass is 560 g/mol. The molecule has 1 aromatic heterocycles. The first-order valence-corrected chi connectivity index (χ1v) is 13.4. The van der Waals surface area contributed by atoms with Crippen LogP contribution >= 0.6 is 0 Å². The van der Waals surface area contributed by atoms with Crippen molar-refractivity contribution in [2.75, 3.05) is 26.3 Å². The van der Waals surface area contributed by atoms with Crippen LogP contribution in [0.25, 0.3) is 11.0 Å². The molecule has 2 fully saturated rings. The SMILES string of the molecule is C1COC1.Cn1c(CN2CCC(c3ccc(F)c(COc4ccc(C#N)cc4F)c3)C2)nc2ccc(C(=O)O)cc21. The van der Waals surface area contributed by atoms with E-state index in [9.17, 15) is 18.7 Å². The van der Waals surface area contributed by atoms with Gasteiger partial charge in [0.25, 0.3) is 0 Å². The van der Waals surface area contributed by atoms with E-state index < -0.39 is 17.6 Å². The minimum atomic E-state index is -0.974. The highest BCUT2D eigenvalue weighted by Gasteiger charge is 2.26. The van der Waals surface area contributed by atoms with Crippen molar-refractivity contribution < 1.29 is 28.2 Å². The zero-order chi connectivity index (χ0) is 28.9. The van der Waals surface area contributed by atoms with E-state index in [1.165, 1.54) is 24.6 Å². The molecule has 212 valence electrons. The molecule has 41 heavy (non-hydrogen) atoms. The Morgan fingerprint density at radius 1 is 1.15 bits per heavy atom. The average Bonchev–Trinajstić information content (AvgIpc) is 3.52. The molecular formula is C31H30F2N4O4. The molecule has 4 aromatic rings. The maximum absolute atomic E-state index is 14.5. The molecule has 2 saturated heterocycles. The summed E-state index contributed by atoms with van der Waals surface area (Å²) in [5.74, 6) is -1.06. The van der Waals surface area contributed by atoms with E-state index in [0.717, 1.165) is 61.2 Å². The second kappa shape index (κ2) is 12.5. The van der Waals surface area contributed by atoms with E-state index in [4.69, 9.17) is 14.7 Å². The van der Waals surface area contributed by atoms with Gasteiger partial charge in [-0.05, 0) is 79.4 Å². The van der Waals surface area contributed by atoms with Gasteiger partial charge in [-0.2, -0.15) is 5.26 Å². The third kappa shape index (κ3) is 6.53. The van der Waals surface area contributed by atoms with E-state index in [-0.39, 0.29) is 29.4 Å². The summed E-state index contributed by atoms with van der Waals surface area (Å²) < 4.78 is 40.8. The van der Waals surface area contributed by atoms with Gasteiger partial charge in [-0.15, -0.1) is 0 Å². The standard InChI is InChI=1S/C28H24F2N4O3.C3H6O/c1-33-25-12-19(28(35)36)4-6-24(25)32-27(33)15-34-9-8-20(14-34)18-3-5-22(29)21(11-18)16-37-26-7-2-17(13-31)10-23(26)30;1-2-4-3-1/h2-7,10-12,20H,8-9,14-16H2,1H3,(H,35,36);1-3H2. The number of halogens is 2. The number of nitriles is 1. The van der Waals surface area contributed by atoms with Crippen LogP contribution in [0.1, 0.15) is 51.6 Å². The number of hydrogen-bond acceptors (Lipinski definition) is 6. The number of fused-ring (bicyclic) bond motifs is 1. The summed E-state index contributed by atoms with van der Waals surface area (Å²) in [6, 6.07) is 15.6. The number of aryl methyl sites for hydroxylation is 1. The van der Waals surface area contributed by atoms with Crippen LogP contribution in [0.3, 0.4) is 0 Å². The van der Waals surface area contributed by atoms with Crippen LogP contribution in [0, 0.1) is 23.0 Å². The second-order valence-corrected chi connectivity index (χ2v) is 10.2. The highest BCUT2D eigenvalue weighted by molar-refractivity contribution is 5.92. The van der Waals surface area contributed by atoms with Gasteiger partial charge >= 0.3 is 5.97 Å². The molecule has 0 aliphatic carbocycles. The molecule has 6 rings (SSSR count). The fraction of sp³-hybridized carbons (Fsp3) is 0.323. The summed E-state index contributed by atoms with van der Waals surface area (Å²) in [6.07, 6.45) is 2.17. The van der Waals surface area contributed by atoms with Gasteiger partial charge < -0.3 is 19.1 Å². The van der Waals surface area contributed by atoms with E-state index in [2.05, 4.69) is 9.88 Å². The van der Waals surface area contributed by atoms with Crippen molar-refractivity contribution in [3.63, 3.8) is 0 Å². The number of aromatic carboxylic acids is 1. The topological polar surface area (TPSA) is 101 Å². The molecule has 0 radical (unpaired) electrons. The summed E-state index contributed by atoms with van der Waals surface area (Å²) in [5.41, 5.74) is 3.25. The van der Waals surface area contributed by atoms with Crippen molar-refractivity contribution in [3.8, 4) is 11.8 Å². The van der Waals surface area contributed by atoms with Gasteiger partial charge in [0.15, 0.2) is 11.6 Å². The van der Waals surface area contributed by atoms with Crippen molar-refractivity contribution >= 4 is 17.0 Å². The Balaban J connectivity index is 0.000000777. The molecule has 1 N–H and O–H groups in total. The number of likely N-dealkylation sites (tertiary alicyclic amines) is 1. The predicted octanol–water partition coefficient (Wildman–Crippen LogP) is 5.40. The Hall–Kier alpha value is -4.33. The maximum atomic E-state index is 14.5. The van der Waals surface area contributed by atoms with Crippen molar-refractivity contribution in [3.05, 3.63) is 94.3 Å². The number of hydrogen-bond donors (Lipinski definition) is 1. The Bertz CT molecular complexity index is 1610. The summed E-state index contributed by atoms with van der Waals surface area (Å²) in [5, 5.41) is 18.1. The van der Waals surface area contributed by atoms with Crippen molar-refractivity contribution in [2.45, 2.75) is 31.9 Å². The Morgan fingerprint density at radius 2 is 1.93 bits per heavy atom. The lowest BCUT2D eigenvalue weighted by Gasteiger charge is -2.17. The molecule has 1 unspecified atom stereocenters. The normalized spacial score (nSPS) is 16.5. The van der Waals surface area contributed by atoms with Crippen molar-refractivity contribution in [1.29, 1.82) is 5.26 Å². The van der Waals surface area contributed by atoms with Crippen LogP contribution in [-0.2, 0) is 24.9 Å². The fourth-order valence-corrected chi connectivity index (χ4v) is 4.91. The van der Waals surface area contributed by atoms with Gasteiger partial charge in [-0.1, -0.05) is 6.07 Å². The molecule has 2 aliphatic heterocycles. The number of ether oxygens (including phenoxy) is 2. The summed E-state index contributed by atoms with van der Waals surface area (Å²) in [4.78, 5) is 18.3. The first-order valence-electron chi connectivity index (χ1n) is 13.4. The molecule has 3 aromatic carbocycles. The van der Waals surface area contributed by atoms with Crippen molar-refractivity contribution in [2.24, 2.45) is 7.05 Å². The Labute approximate surface area is 236 Å². The van der Waals surface area contributed by atoms with Crippen LogP contribution in [0.2, 0.25) is 0 Å². The van der Waals surface area contributed by atoms with E-state index in [1.54, 1.807) is 30.3 Å². The average molecular weight is 561 g/mol. The van der Waals surface area contributed by atoms with E-state index >= 15 is 0 Å². The van der Waals surface area contributed by atoms with Crippen molar-refractivity contribution in [1.82, 2.24) is 14.5 Å². The minimum Gasteiger partial charge on any atom is -0.486 e. The minimum absolute atomic E-state index is 0.0335. The van der Waals surface area contributed by atoms with Gasteiger partial charge in [0.05, 0.1) is 34.8 Å². The largest absolute Gasteiger partial charge is 0.486 e. The predicted molar refractivity (Wildman–Crippen MR) is 148 cm³/mol. The van der Waals surface area contributed by atoms with Gasteiger partial charge in [-0.25, -0.2) is 18.6 Å². The second-order valence-electron chi connectivity index (χ2n) is 10.2. The zero-order valence-electron chi connectivity index (χ0n) is 22.6. The lowest BCUT2D eigenvalue weighted by Crippen LogP contribution is -2.21. The third-order valence-electron chi connectivity index (χ3n) is 7.42. The van der Waals surface area contributed by atoms with Gasteiger partial charge in [0, 0.05) is 32.4 Å². The van der Waals surface area contributed by atoms with Crippen LogP contribution < -0.4 is 4.74 Å². The molecule has 0 amide bonds. The number of imidazole rings is 1. The lowest BCUT2D eigenvalue weighted by molar-refractivity contribution is 0.0367. The molecule has 8 nitrogen and oxygen atoms in total. The van der Waals surface area contributed by atoms with Crippen LogP contribution in [0.4, 0.5) is 8.78 Å². The molecule has 3 heterocycles. The van der Waals surface area contributed by atoms with E-state index in [1.807, 2.05) is 17.7 Å². The third-order valence-corrected chi connectivity index (χ3v) is 7.42. The van der Waals surface area contributed by atoms with Crippen LogP contribution in [0.15, 0.2) is 54.6 Å². The van der Waals surface area contributed by atoms with Gasteiger partial charge in [0.2, 0.25) is 0 Å². The number of rotatable bonds is 7. The Kier molecular flexibility index (Phi) is 8.57. The molecular weight excluding hydrogens is 530 g/mol.